The summed E-state index contributed by atoms with van der Waals surface area (Å²) in [4.78, 5) is 25.3. The van der Waals surface area contributed by atoms with Crippen molar-refractivity contribution in [3.05, 3.63) is 23.8 Å². The number of amides is 2. The molecule has 2 amide bonds. The Kier molecular flexibility index (Phi) is 5.43. The molecule has 0 spiro atoms. The molecular weight excluding hydrogens is 290 g/mol. The predicted molar refractivity (Wildman–Crippen MR) is 89.0 cm³/mol. The molecule has 23 heavy (non-hydrogen) atoms. The van der Waals surface area contributed by atoms with Gasteiger partial charge in [0.25, 0.3) is 0 Å². The van der Waals surface area contributed by atoms with E-state index in [1.165, 1.54) is 25.7 Å². The molecule has 3 rings (SSSR count). The fourth-order valence-corrected chi connectivity index (χ4v) is 3.66. The topological polar surface area (TPSA) is 61.4 Å². The summed E-state index contributed by atoms with van der Waals surface area (Å²) in [6.45, 7) is 6.12. The standard InChI is InChI=1S/C17H27N5O/c1-14-18-8-7-15(20-14)13-19-17(23)22-10-4-9-21(11-12-22)16-5-2-3-6-16/h7-8,16H,2-6,9-13H2,1H3,(H,19,23). The first-order chi connectivity index (χ1) is 11.2. The van der Waals surface area contributed by atoms with Crippen molar-refractivity contribution in [1.82, 2.24) is 25.1 Å². The first kappa shape index (κ1) is 16.2. The Morgan fingerprint density at radius 3 is 2.83 bits per heavy atom. The van der Waals surface area contributed by atoms with Crippen LogP contribution in [0.15, 0.2) is 12.3 Å². The van der Waals surface area contributed by atoms with E-state index in [9.17, 15) is 4.79 Å². The van der Waals surface area contributed by atoms with Gasteiger partial charge in [-0.1, -0.05) is 12.8 Å². The van der Waals surface area contributed by atoms with E-state index in [0.717, 1.165) is 50.2 Å². The maximum Gasteiger partial charge on any atom is 0.317 e. The third-order valence-electron chi connectivity index (χ3n) is 4.91. The van der Waals surface area contributed by atoms with Crippen molar-refractivity contribution in [3.8, 4) is 0 Å². The fourth-order valence-electron chi connectivity index (χ4n) is 3.66. The minimum Gasteiger partial charge on any atom is -0.332 e. The molecule has 2 aliphatic rings. The van der Waals surface area contributed by atoms with Crippen LogP contribution in [0.1, 0.15) is 43.6 Å². The van der Waals surface area contributed by atoms with E-state index in [-0.39, 0.29) is 6.03 Å². The molecular formula is C17H27N5O. The minimum absolute atomic E-state index is 0.0227. The van der Waals surface area contributed by atoms with Gasteiger partial charge in [-0.2, -0.15) is 0 Å². The number of hydrogen-bond acceptors (Lipinski definition) is 4. The number of rotatable bonds is 3. The van der Waals surface area contributed by atoms with Crippen LogP contribution < -0.4 is 5.32 Å². The summed E-state index contributed by atoms with van der Waals surface area (Å²) < 4.78 is 0. The molecule has 2 heterocycles. The average molecular weight is 317 g/mol. The Morgan fingerprint density at radius 2 is 2.04 bits per heavy atom. The smallest absolute Gasteiger partial charge is 0.317 e. The van der Waals surface area contributed by atoms with E-state index >= 15 is 0 Å². The van der Waals surface area contributed by atoms with Crippen LogP contribution in [0.3, 0.4) is 0 Å². The first-order valence-corrected chi connectivity index (χ1v) is 8.78. The molecule has 1 saturated carbocycles. The van der Waals surface area contributed by atoms with Crippen molar-refractivity contribution < 1.29 is 4.79 Å². The number of nitrogens with one attached hydrogen (secondary N) is 1. The SMILES string of the molecule is Cc1nccc(CNC(=O)N2CCCN(C3CCCC3)CC2)n1. The lowest BCUT2D eigenvalue weighted by atomic mass is 10.2. The molecule has 1 aliphatic carbocycles. The number of urea groups is 1. The van der Waals surface area contributed by atoms with Gasteiger partial charge in [0, 0.05) is 38.4 Å². The van der Waals surface area contributed by atoms with Crippen LogP contribution in [-0.4, -0.2) is 58.0 Å². The van der Waals surface area contributed by atoms with Gasteiger partial charge in [0.05, 0.1) is 12.2 Å². The molecule has 0 atom stereocenters. The zero-order valence-corrected chi connectivity index (χ0v) is 14.0. The van der Waals surface area contributed by atoms with Crippen molar-refractivity contribution in [2.45, 2.75) is 51.6 Å². The highest BCUT2D eigenvalue weighted by Crippen LogP contribution is 2.24. The minimum atomic E-state index is 0.0227. The van der Waals surface area contributed by atoms with Gasteiger partial charge in [0.1, 0.15) is 5.82 Å². The van der Waals surface area contributed by atoms with Crippen LogP contribution in [0.4, 0.5) is 4.79 Å². The summed E-state index contributed by atoms with van der Waals surface area (Å²) in [6.07, 6.45) is 8.19. The van der Waals surface area contributed by atoms with Crippen molar-refractivity contribution in [2.75, 3.05) is 26.2 Å². The normalized spacial score (nSPS) is 20.5. The van der Waals surface area contributed by atoms with Gasteiger partial charge in [-0.15, -0.1) is 0 Å². The maximum absolute atomic E-state index is 12.4. The second-order valence-corrected chi connectivity index (χ2v) is 6.57. The van der Waals surface area contributed by atoms with E-state index in [1.807, 2.05) is 17.9 Å². The quantitative estimate of drug-likeness (QED) is 0.925. The molecule has 1 aromatic rings. The van der Waals surface area contributed by atoms with Gasteiger partial charge in [-0.3, -0.25) is 4.90 Å². The molecule has 6 nitrogen and oxygen atoms in total. The molecule has 1 aromatic heterocycles. The summed E-state index contributed by atoms with van der Waals surface area (Å²) in [7, 11) is 0. The van der Waals surface area contributed by atoms with Gasteiger partial charge in [-0.25, -0.2) is 14.8 Å². The molecule has 1 saturated heterocycles. The highest BCUT2D eigenvalue weighted by Gasteiger charge is 2.26. The van der Waals surface area contributed by atoms with Crippen LogP contribution in [0.25, 0.3) is 0 Å². The summed E-state index contributed by atoms with van der Waals surface area (Å²) in [5.74, 6) is 0.735. The van der Waals surface area contributed by atoms with E-state index in [0.29, 0.717) is 6.54 Å². The molecule has 2 fully saturated rings. The second-order valence-electron chi connectivity index (χ2n) is 6.57. The van der Waals surface area contributed by atoms with Crippen LogP contribution in [0.2, 0.25) is 0 Å². The lowest BCUT2D eigenvalue weighted by Gasteiger charge is -2.27. The van der Waals surface area contributed by atoms with E-state index in [4.69, 9.17) is 0 Å². The molecule has 0 aromatic carbocycles. The van der Waals surface area contributed by atoms with Crippen LogP contribution in [0.5, 0.6) is 0 Å². The third kappa shape index (κ3) is 4.41. The van der Waals surface area contributed by atoms with Gasteiger partial charge in [0.2, 0.25) is 0 Å². The van der Waals surface area contributed by atoms with Gasteiger partial charge < -0.3 is 10.2 Å². The summed E-state index contributed by atoms with van der Waals surface area (Å²) in [5, 5.41) is 2.99. The number of nitrogens with zero attached hydrogens (tertiary/aromatic N) is 4. The van der Waals surface area contributed by atoms with Crippen LogP contribution in [-0.2, 0) is 6.54 Å². The highest BCUT2D eigenvalue weighted by atomic mass is 16.2. The Bertz CT molecular complexity index is 529. The lowest BCUT2D eigenvalue weighted by Crippen LogP contribution is -2.42. The van der Waals surface area contributed by atoms with E-state index < -0.39 is 0 Å². The van der Waals surface area contributed by atoms with Crippen molar-refractivity contribution in [2.24, 2.45) is 0 Å². The monoisotopic (exact) mass is 317 g/mol. The van der Waals surface area contributed by atoms with Gasteiger partial charge in [0.15, 0.2) is 0 Å². The molecule has 1 N–H and O–H groups in total. The summed E-state index contributed by atoms with van der Waals surface area (Å²) in [5.41, 5.74) is 0.855. The second kappa shape index (κ2) is 7.73. The fraction of sp³-hybridized carbons (Fsp3) is 0.706. The molecule has 0 radical (unpaired) electrons. The zero-order chi connectivity index (χ0) is 16.1. The van der Waals surface area contributed by atoms with Gasteiger partial charge in [-0.05, 0) is 32.3 Å². The van der Waals surface area contributed by atoms with Crippen molar-refractivity contribution in [3.63, 3.8) is 0 Å². The Labute approximate surface area is 138 Å². The van der Waals surface area contributed by atoms with Crippen LogP contribution in [0, 0.1) is 6.92 Å². The Balaban J connectivity index is 1.47. The lowest BCUT2D eigenvalue weighted by molar-refractivity contribution is 0.187. The number of aryl methyl sites for hydroxylation is 1. The highest BCUT2D eigenvalue weighted by molar-refractivity contribution is 5.74. The van der Waals surface area contributed by atoms with Gasteiger partial charge >= 0.3 is 6.03 Å². The van der Waals surface area contributed by atoms with Crippen molar-refractivity contribution in [1.29, 1.82) is 0 Å². The van der Waals surface area contributed by atoms with E-state index in [1.54, 1.807) is 6.20 Å². The summed E-state index contributed by atoms with van der Waals surface area (Å²) in [6, 6.07) is 2.62. The molecule has 0 bridgehead atoms. The average Bonchev–Trinajstić information content (AvgIpc) is 2.97. The number of carbonyl (C=O) groups excluding carboxylic acids is 1. The maximum atomic E-state index is 12.4. The Hall–Kier alpha value is -1.69. The third-order valence-corrected chi connectivity index (χ3v) is 4.91. The first-order valence-electron chi connectivity index (χ1n) is 8.78. The molecule has 6 heteroatoms. The van der Waals surface area contributed by atoms with Crippen molar-refractivity contribution >= 4 is 6.03 Å². The molecule has 0 unspecified atom stereocenters. The largest absolute Gasteiger partial charge is 0.332 e. The number of carbonyl (C=O) groups is 1. The zero-order valence-electron chi connectivity index (χ0n) is 14.0. The Morgan fingerprint density at radius 1 is 1.22 bits per heavy atom. The van der Waals surface area contributed by atoms with E-state index in [2.05, 4.69) is 20.2 Å². The molecule has 1 aliphatic heterocycles. The predicted octanol–water partition coefficient (Wildman–Crippen LogP) is 1.94. The summed E-state index contributed by atoms with van der Waals surface area (Å²) >= 11 is 0. The van der Waals surface area contributed by atoms with Crippen LogP contribution >= 0.6 is 0 Å². The molecule has 126 valence electrons. The number of hydrogen-bond donors (Lipinski definition) is 1. The number of aromatic nitrogens is 2.